The van der Waals surface area contributed by atoms with Crippen LogP contribution in [0, 0.1) is 0 Å². The van der Waals surface area contributed by atoms with Crippen LogP contribution in [-0.2, 0) is 14.3 Å². The van der Waals surface area contributed by atoms with Crippen LogP contribution in [0.4, 0.5) is 0 Å². The van der Waals surface area contributed by atoms with Gasteiger partial charge in [-0.05, 0) is 20.8 Å². The summed E-state index contributed by atoms with van der Waals surface area (Å²) in [7, 11) is 0. The van der Waals surface area contributed by atoms with Crippen LogP contribution in [0.3, 0.4) is 0 Å². The minimum absolute atomic E-state index is 0.0278. The SMILES string of the molecule is CC(=O)CCOC(=O)C=C(C)C. The molecule has 0 unspecified atom stereocenters. The fourth-order valence-electron chi connectivity index (χ4n) is 0.573. The lowest BCUT2D eigenvalue weighted by molar-refractivity contribution is -0.138. The largest absolute Gasteiger partial charge is 0.462 e. The van der Waals surface area contributed by atoms with Crippen molar-refractivity contribution in [2.45, 2.75) is 27.2 Å². The number of allylic oxidation sites excluding steroid dienone is 1. The Morgan fingerprint density at radius 3 is 2.25 bits per heavy atom. The zero-order valence-electron chi connectivity index (χ0n) is 7.72. The molecule has 0 aliphatic heterocycles. The van der Waals surface area contributed by atoms with Gasteiger partial charge < -0.3 is 4.74 Å². The van der Waals surface area contributed by atoms with Gasteiger partial charge in [0.1, 0.15) is 5.78 Å². The molecule has 0 aromatic carbocycles. The van der Waals surface area contributed by atoms with Crippen LogP contribution in [0.1, 0.15) is 27.2 Å². The van der Waals surface area contributed by atoms with Crippen LogP contribution in [0.5, 0.6) is 0 Å². The number of rotatable bonds is 4. The Labute approximate surface area is 72.4 Å². The van der Waals surface area contributed by atoms with Gasteiger partial charge in [0, 0.05) is 12.5 Å². The number of hydrogen-bond donors (Lipinski definition) is 0. The molecule has 3 nitrogen and oxygen atoms in total. The van der Waals surface area contributed by atoms with Gasteiger partial charge in [0.2, 0.25) is 0 Å². The molecule has 68 valence electrons. The van der Waals surface area contributed by atoms with Crippen LogP contribution < -0.4 is 0 Å². The monoisotopic (exact) mass is 170 g/mol. The van der Waals surface area contributed by atoms with Gasteiger partial charge in [-0.25, -0.2) is 4.79 Å². The van der Waals surface area contributed by atoms with E-state index in [9.17, 15) is 9.59 Å². The molecule has 0 saturated heterocycles. The number of hydrogen-bond acceptors (Lipinski definition) is 3. The summed E-state index contributed by atoms with van der Waals surface area (Å²) in [6, 6.07) is 0. The molecule has 0 radical (unpaired) electrons. The third-order valence-electron chi connectivity index (χ3n) is 1.10. The average molecular weight is 170 g/mol. The van der Waals surface area contributed by atoms with Crippen molar-refractivity contribution in [2.24, 2.45) is 0 Å². The predicted molar refractivity (Wildman–Crippen MR) is 45.7 cm³/mol. The van der Waals surface area contributed by atoms with E-state index in [0.717, 1.165) is 5.57 Å². The van der Waals surface area contributed by atoms with E-state index in [1.807, 2.05) is 13.8 Å². The average Bonchev–Trinajstić information content (AvgIpc) is 1.84. The van der Waals surface area contributed by atoms with Crippen molar-refractivity contribution < 1.29 is 14.3 Å². The summed E-state index contributed by atoms with van der Waals surface area (Å²) in [5.41, 5.74) is 0.892. The van der Waals surface area contributed by atoms with Gasteiger partial charge >= 0.3 is 5.97 Å². The highest BCUT2D eigenvalue weighted by molar-refractivity contribution is 5.83. The van der Waals surface area contributed by atoms with E-state index >= 15 is 0 Å². The molecule has 0 amide bonds. The Kier molecular flexibility index (Phi) is 5.00. The summed E-state index contributed by atoms with van der Waals surface area (Å²) in [6.45, 7) is 5.27. The number of ether oxygens (including phenoxy) is 1. The topological polar surface area (TPSA) is 43.4 Å². The normalized spacial score (nSPS) is 8.92. The number of ketones is 1. The van der Waals surface area contributed by atoms with Gasteiger partial charge in [0.05, 0.1) is 6.61 Å². The van der Waals surface area contributed by atoms with Crippen LogP contribution in [0.25, 0.3) is 0 Å². The first-order valence-electron chi connectivity index (χ1n) is 3.83. The van der Waals surface area contributed by atoms with Crippen LogP contribution >= 0.6 is 0 Å². The van der Waals surface area contributed by atoms with E-state index in [1.165, 1.54) is 13.0 Å². The summed E-state index contributed by atoms with van der Waals surface area (Å²) >= 11 is 0. The lowest BCUT2D eigenvalue weighted by atomic mass is 10.3. The van der Waals surface area contributed by atoms with E-state index in [-0.39, 0.29) is 18.4 Å². The molecule has 0 bridgehead atoms. The third-order valence-corrected chi connectivity index (χ3v) is 1.10. The molecule has 0 spiro atoms. The maximum atomic E-state index is 10.8. The standard InChI is InChI=1S/C9H14O3/c1-7(2)6-9(11)12-5-4-8(3)10/h6H,4-5H2,1-3H3. The molecule has 0 aliphatic carbocycles. The molecule has 0 saturated carbocycles. The second-order valence-electron chi connectivity index (χ2n) is 2.84. The van der Waals surface area contributed by atoms with Crippen molar-refractivity contribution in [2.75, 3.05) is 6.61 Å². The van der Waals surface area contributed by atoms with Gasteiger partial charge in [0.15, 0.2) is 0 Å². The van der Waals surface area contributed by atoms with Crippen molar-refractivity contribution in [1.29, 1.82) is 0 Å². The van der Waals surface area contributed by atoms with Crippen molar-refractivity contribution in [1.82, 2.24) is 0 Å². The molecule has 0 atom stereocenters. The second kappa shape index (κ2) is 5.52. The molecule has 0 fully saturated rings. The van der Waals surface area contributed by atoms with Crippen LogP contribution in [0.2, 0.25) is 0 Å². The highest BCUT2D eigenvalue weighted by Gasteiger charge is 1.98. The van der Waals surface area contributed by atoms with Gasteiger partial charge in [-0.1, -0.05) is 5.57 Å². The quantitative estimate of drug-likeness (QED) is 0.474. The van der Waals surface area contributed by atoms with E-state index in [4.69, 9.17) is 4.74 Å². The Hall–Kier alpha value is -1.12. The first kappa shape index (κ1) is 10.9. The third kappa shape index (κ3) is 6.99. The lowest BCUT2D eigenvalue weighted by Gasteiger charge is -1.98. The van der Waals surface area contributed by atoms with Gasteiger partial charge in [-0.3, -0.25) is 4.79 Å². The molecule has 0 rings (SSSR count). The minimum atomic E-state index is -0.378. The first-order valence-corrected chi connectivity index (χ1v) is 3.83. The highest BCUT2D eigenvalue weighted by Crippen LogP contribution is 1.92. The van der Waals surface area contributed by atoms with Crippen molar-refractivity contribution >= 4 is 11.8 Å². The minimum Gasteiger partial charge on any atom is -0.462 e. The second-order valence-corrected chi connectivity index (χ2v) is 2.84. The van der Waals surface area contributed by atoms with Crippen LogP contribution in [0.15, 0.2) is 11.6 Å². The molecule has 0 N–H and O–H groups in total. The number of esters is 1. The summed E-state index contributed by atoms with van der Waals surface area (Å²) < 4.78 is 4.73. The highest BCUT2D eigenvalue weighted by atomic mass is 16.5. The maximum absolute atomic E-state index is 10.8. The summed E-state index contributed by atoms with van der Waals surface area (Å²) in [4.78, 5) is 21.3. The van der Waals surface area contributed by atoms with Gasteiger partial charge in [-0.15, -0.1) is 0 Å². The Morgan fingerprint density at radius 2 is 1.83 bits per heavy atom. The summed E-state index contributed by atoms with van der Waals surface area (Å²) in [5, 5.41) is 0. The number of carbonyl (C=O) groups is 2. The van der Waals surface area contributed by atoms with Gasteiger partial charge in [0.25, 0.3) is 0 Å². The fraction of sp³-hybridized carbons (Fsp3) is 0.556. The zero-order chi connectivity index (χ0) is 9.56. The van der Waals surface area contributed by atoms with Gasteiger partial charge in [-0.2, -0.15) is 0 Å². The Morgan fingerprint density at radius 1 is 1.25 bits per heavy atom. The zero-order valence-corrected chi connectivity index (χ0v) is 7.72. The summed E-state index contributed by atoms with van der Waals surface area (Å²) in [6.07, 6.45) is 1.70. The number of Topliss-reactive ketones (excluding diaryl/α,β-unsaturated/α-hetero) is 1. The molecular weight excluding hydrogens is 156 g/mol. The van der Waals surface area contributed by atoms with Crippen molar-refractivity contribution in [3.8, 4) is 0 Å². The van der Waals surface area contributed by atoms with Crippen molar-refractivity contribution in [3.63, 3.8) is 0 Å². The molecular formula is C9H14O3. The predicted octanol–water partition coefficient (Wildman–Crippen LogP) is 1.47. The maximum Gasteiger partial charge on any atom is 0.330 e. The molecule has 0 aromatic heterocycles. The molecule has 0 aliphatic rings. The Balaban J connectivity index is 3.59. The Bertz CT molecular complexity index is 200. The van der Waals surface area contributed by atoms with E-state index in [2.05, 4.69) is 0 Å². The molecule has 3 heteroatoms. The number of carbonyl (C=O) groups excluding carboxylic acids is 2. The molecule has 0 heterocycles. The first-order chi connectivity index (χ1) is 5.52. The van der Waals surface area contributed by atoms with E-state index in [1.54, 1.807) is 0 Å². The fourth-order valence-corrected chi connectivity index (χ4v) is 0.573. The lowest BCUT2D eigenvalue weighted by Crippen LogP contribution is -2.05. The summed E-state index contributed by atoms with van der Waals surface area (Å²) in [5.74, 6) is -0.351. The molecule has 12 heavy (non-hydrogen) atoms. The van der Waals surface area contributed by atoms with Crippen molar-refractivity contribution in [3.05, 3.63) is 11.6 Å². The van der Waals surface area contributed by atoms with E-state index in [0.29, 0.717) is 6.42 Å². The van der Waals surface area contributed by atoms with E-state index < -0.39 is 0 Å². The smallest absolute Gasteiger partial charge is 0.330 e. The van der Waals surface area contributed by atoms with Crippen LogP contribution in [-0.4, -0.2) is 18.4 Å². The molecule has 0 aromatic rings.